The summed E-state index contributed by atoms with van der Waals surface area (Å²) in [6.45, 7) is 6.85. The third-order valence-electron chi connectivity index (χ3n) is 1.75. The van der Waals surface area contributed by atoms with E-state index in [2.05, 4.69) is 20.8 Å². The number of hydrogen-bond donors (Lipinski definition) is 0. The summed E-state index contributed by atoms with van der Waals surface area (Å²) < 4.78 is 0. The van der Waals surface area contributed by atoms with Crippen LogP contribution in [0.3, 0.4) is 0 Å². The van der Waals surface area contributed by atoms with E-state index in [1.807, 2.05) is 0 Å². The third-order valence-corrected chi connectivity index (χ3v) is 1.75. The first-order valence-corrected chi connectivity index (χ1v) is 3.81. The molecule has 52 valence electrons. The maximum absolute atomic E-state index is 2.33. The van der Waals surface area contributed by atoms with Crippen LogP contribution in [0.15, 0.2) is 0 Å². The quantitative estimate of drug-likeness (QED) is 0.546. The van der Waals surface area contributed by atoms with Crippen LogP contribution in [0, 0.1) is 5.92 Å². The van der Waals surface area contributed by atoms with Gasteiger partial charge in [-0.2, -0.15) is 0 Å². The fourth-order valence-electron chi connectivity index (χ4n) is 0.757. The molecule has 0 aliphatic rings. The van der Waals surface area contributed by atoms with Gasteiger partial charge in [0, 0.05) is 0 Å². The van der Waals surface area contributed by atoms with E-state index < -0.39 is 0 Å². The van der Waals surface area contributed by atoms with Gasteiger partial charge in [0.1, 0.15) is 0 Å². The first-order chi connectivity index (χ1) is 3.81. The van der Waals surface area contributed by atoms with Crippen LogP contribution in [0.1, 0.15) is 46.5 Å². The van der Waals surface area contributed by atoms with E-state index in [1.54, 1.807) is 0 Å². The molecule has 0 heterocycles. The Hall–Kier alpha value is 1.64. The van der Waals surface area contributed by atoms with Gasteiger partial charge in [-0.3, -0.25) is 0 Å². The Bertz CT molecular complexity index is 43.8. The molecule has 0 amide bonds. The van der Waals surface area contributed by atoms with E-state index in [9.17, 15) is 0 Å². The molecule has 0 N–H and O–H groups in total. The van der Waals surface area contributed by atoms with Crippen molar-refractivity contribution in [1.29, 1.82) is 0 Å². The summed E-state index contributed by atoms with van der Waals surface area (Å²) in [7, 11) is 0. The van der Waals surface area contributed by atoms with Crippen LogP contribution in [0.25, 0.3) is 0 Å². The van der Waals surface area contributed by atoms with Crippen molar-refractivity contribution in [1.82, 2.24) is 0 Å². The second-order valence-corrected chi connectivity index (χ2v) is 2.66. The molecule has 1 heteroatoms. The van der Waals surface area contributed by atoms with Crippen LogP contribution >= 0.6 is 0 Å². The molecule has 0 aliphatic carbocycles. The van der Waals surface area contributed by atoms with Crippen LogP contribution in [0.4, 0.5) is 0 Å². The Morgan fingerprint density at radius 2 is 1.78 bits per heavy atom. The van der Waals surface area contributed by atoms with Gasteiger partial charge in [0.15, 0.2) is 0 Å². The molecule has 0 saturated carbocycles. The second-order valence-electron chi connectivity index (χ2n) is 2.66. The van der Waals surface area contributed by atoms with Crippen molar-refractivity contribution in [2.75, 3.05) is 0 Å². The van der Waals surface area contributed by atoms with Crippen molar-refractivity contribution >= 4 is 51.4 Å². The number of unbranched alkanes of at least 4 members (excludes halogenated alkanes) is 1. The molecule has 0 saturated heterocycles. The van der Waals surface area contributed by atoms with E-state index in [1.165, 1.54) is 25.7 Å². The van der Waals surface area contributed by atoms with E-state index >= 15 is 0 Å². The van der Waals surface area contributed by atoms with E-state index in [0.717, 1.165) is 5.92 Å². The number of hydrogen-bond acceptors (Lipinski definition) is 0. The van der Waals surface area contributed by atoms with Crippen molar-refractivity contribution in [3.05, 3.63) is 0 Å². The SMILES string of the molecule is CCCCC(C)CC.[KH]. The predicted octanol–water partition coefficient (Wildman–Crippen LogP) is 2.57. The molecular formula is C8H19K. The van der Waals surface area contributed by atoms with Gasteiger partial charge < -0.3 is 0 Å². The Morgan fingerprint density at radius 1 is 1.22 bits per heavy atom. The molecule has 9 heavy (non-hydrogen) atoms. The van der Waals surface area contributed by atoms with Gasteiger partial charge in [0.05, 0.1) is 0 Å². The Morgan fingerprint density at radius 3 is 2.11 bits per heavy atom. The zero-order chi connectivity index (χ0) is 6.41. The van der Waals surface area contributed by atoms with Gasteiger partial charge >= 0.3 is 51.4 Å². The summed E-state index contributed by atoms with van der Waals surface area (Å²) in [4.78, 5) is 0. The predicted molar refractivity (Wildman–Crippen MR) is 46.1 cm³/mol. The van der Waals surface area contributed by atoms with Crippen LogP contribution in [-0.4, -0.2) is 51.4 Å². The molecule has 0 radical (unpaired) electrons. The van der Waals surface area contributed by atoms with E-state index in [0.29, 0.717) is 0 Å². The number of rotatable bonds is 4. The first-order valence-electron chi connectivity index (χ1n) is 3.81. The minimum atomic E-state index is 0. The standard InChI is InChI=1S/C8H18.K.H/c1-4-6-7-8(3)5-2;;/h8H,4-7H2,1-3H3;;. The van der Waals surface area contributed by atoms with Crippen molar-refractivity contribution in [2.45, 2.75) is 46.5 Å². The molecule has 0 aromatic heterocycles. The third kappa shape index (κ3) is 9.64. The van der Waals surface area contributed by atoms with Crippen molar-refractivity contribution in [3.8, 4) is 0 Å². The monoisotopic (exact) mass is 154 g/mol. The van der Waals surface area contributed by atoms with E-state index in [-0.39, 0.29) is 51.4 Å². The second kappa shape index (κ2) is 9.64. The van der Waals surface area contributed by atoms with Crippen LogP contribution in [-0.2, 0) is 0 Å². The molecule has 0 spiro atoms. The van der Waals surface area contributed by atoms with Gasteiger partial charge in [0.25, 0.3) is 0 Å². The van der Waals surface area contributed by atoms with Gasteiger partial charge in [-0.1, -0.05) is 46.5 Å². The fraction of sp³-hybridized carbons (Fsp3) is 1.00. The zero-order valence-electron chi connectivity index (χ0n) is 6.41. The van der Waals surface area contributed by atoms with Gasteiger partial charge in [-0.15, -0.1) is 0 Å². The van der Waals surface area contributed by atoms with E-state index in [4.69, 9.17) is 0 Å². The minimum absolute atomic E-state index is 0. The van der Waals surface area contributed by atoms with Gasteiger partial charge in [0.2, 0.25) is 0 Å². The molecule has 0 aliphatic heterocycles. The molecule has 0 rings (SSSR count). The molecule has 1 atom stereocenters. The van der Waals surface area contributed by atoms with Crippen molar-refractivity contribution in [3.63, 3.8) is 0 Å². The summed E-state index contributed by atoms with van der Waals surface area (Å²) in [5, 5.41) is 0. The Balaban J connectivity index is 0. The molecule has 1 unspecified atom stereocenters. The van der Waals surface area contributed by atoms with Crippen molar-refractivity contribution < 1.29 is 0 Å². The van der Waals surface area contributed by atoms with Crippen molar-refractivity contribution in [2.24, 2.45) is 5.92 Å². The first kappa shape index (κ1) is 13.2. The van der Waals surface area contributed by atoms with Gasteiger partial charge in [-0.25, -0.2) is 0 Å². The molecule has 0 fully saturated rings. The molecule has 0 aromatic carbocycles. The maximum atomic E-state index is 2.33. The Labute approximate surface area is 102 Å². The molecule has 0 aromatic rings. The average Bonchev–Trinajstić information content (AvgIpc) is 1.83. The van der Waals surface area contributed by atoms with Crippen LogP contribution in [0.5, 0.6) is 0 Å². The zero-order valence-corrected chi connectivity index (χ0v) is 6.41. The van der Waals surface area contributed by atoms with Gasteiger partial charge in [-0.05, 0) is 5.92 Å². The van der Waals surface area contributed by atoms with Crippen LogP contribution in [0.2, 0.25) is 0 Å². The topological polar surface area (TPSA) is 0 Å². The summed E-state index contributed by atoms with van der Waals surface area (Å²) in [6.07, 6.45) is 5.53. The summed E-state index contributed by atoms with van der Waals surface area (Å²) in [5.41, 5.74) is 0. The molecule has 0 bridgehead atoms. The Kier molecular flexibility index (Phi) is 14.2. The summed E-state index contributed by atoms with van der Waals surface area (Å²) in [6, 6.07) is 0. The molecular weight excluding hydrogens is 135 g/mol. The summed E-state index contributed by atoms with van der Waals surface area (Å²) >= 11 is 0. The fourth-order valence-corrected chi connectivity index (χ4v) is 0.757. The molecule has 0 nitrogen and oxygen atoms in total. The summed E-state index contributed by atoms with van der Waals surface area (Å²) in [5.74, 6) is 0.954. The average molecular weight is 154 g/mol. The van der Waals surface area contributed by atoms with Crippen LogP contribution < -0.4 is 0 Å². The normalized spacial score (nSPS) is 12.3.